The third kappa shape index (κ3) is 3.01. The van der Waals surface area contributed by atoms with E-state index in [9.17, 15) is 4.79 Å². The summed E-state index contributed by atoms with van der Waals surface area (Å²) in [6, 6.07) is 13.8. The Labute approximate surface area is 153 Å². The largest absolute Gasteiger partial charge is 0.363 e. The molecule has 0 spiro atoms. The van der Waals surface area contributed by atoms with E-state index in [1.54, 1.807) is 6.20 Å². The van der Waals surface area contributed by atoms with E-state index >= 15 is 0 Å². The van der Waals surface area contributed by atoms with Crippen molar-refractivity contribution >= 4 is 22.6 Å². The van der Waals surface area contributed by atoms with Gasteiger partial charge in [0.1, 0.15) is 5.82 Å². The molecule has 1 amide bonds. The van der Waals surface area contributed by atoms with Crippen molar-refractivity contribution in [2.24, 2.45) is 0 Å². The summed E-state index contributed by atoms with van der Waals surface area (Å²) in [6.45, 7) is 0.786. The van der Waals surface area contributed by atoms with Crippen LogP contribution in [0.25, 0.3) is 10.9 Å². The summed E-state index contributed by atoms with van der Waals surface area (Å²) < 4.78 is 0. The fourth-order valence-electron chi connectivity index (χ4n) is 3.62. The van der Waals surface area contributed by atoms with E-state index in [4.69, 9.17) is 0 Å². The monoisotopic (exact) mass is 346 g/mol. The fraction of sp³-hybridized carbons (Fsp3) is 0.286. The lowest BCUT2D eigenvalue weighted by Crippen LogP contribution is -2.30. The molecule has 5 nitrogen and oxygen atoms in total. The fourth-order valence-corrected chi connectivity index (χ4v) is 3.62. The quantitative estimate of drug-likeness (QED) is 0.726. The molecule has 0 saturated carbocycles. The van der Waals surface area contributed by atoms with Gasteiger partial charge in [0.05, 0.1) is 11.6 Å². The number of hydrogen-bond acceptors (Lipinski definition) is 4. The highest BCUT2D eigenvalue weighted by Gasteiger charge is 2.31. The van der Waals surface area contributed by atoms with Crippen LogP contribution in [0.3, 0.4) is 0 Å². The van der Waals surface area contributed by atoms with Crippen molar-refractivity contribution in [2.45, 2.75) is 18.9 Å². The van der Waals surface area contributed by atoms with E-state index in [0.717, 1.165) is 47.2 Å². The second kappa shape index (κ2) is 6.75. The Morgan fingerprint density at radius 2 is 2.00 bits per heavy atom. The summed E-state index contributed by atoms with van der Waals surface area (Å²) in [5.74, 6) is 1.00. The summed E-state index contributed by atoms with van der Waals surface area (Å²) in [6.07, 6.45) is 5.60. The van der Waals surface area contributed by atoms with Gasteiger partial charge in [-0.3, -0.25) is 9.78 Å². The van der Waals surface area contributed by atoms with Crippen LogP contribution < -0.4 is 4.90 Å². The van der Waals surface area contributed by atoms with Crippen LogP contribution in [0.2, 0.25) is 0 Å². The lowest BCUT2D eigenvalue weighted by atomic mass is 10.0. The predicted octanol–water partition coefficient (Wildman–Crippen LogP) is 3.67. The molecule has 3 heterocycles. The summed E-state index contributed by atoms with van der Waals surface area (Å²) in [4.78, 5) is 25.9. The second-order valence-corrected chi connectivity index (χ2v) is 6.91. The maximum Gasteiger partial charge on any atom is 0.254 e. The Bertz CT molecular complexity index is 953. The number of likely N-dealkylation sites (tertiary alicyclic amines) is 1. The highest BCUT2D eigenvalue weighted by molar-refractivity contribution is 5.98. The predicted molar refractivity (Wildman–Crippen MR) is 103 cm³/mol. The Hall–Kier alpha value is -2.95. The van der Waals surface area contributed by atoms with Crippen LogP contribution in [0.4, 0.5) is 5.82 Å². The number of nitrogens with zero attached hydrogens (tertiary/aromatic N) is 4. The van der Waals surface area contributed by atoms with E-state index in [1.165, 1.54) is 0 Å². The molecular formula is C21H22N4O. The number of anilines is 1. The summed E-state index contributed by atoms with van der Waals surface area (Å²) in [5, 5.41) is 0.993. The van der Waals surface area contributed by atoms with Crippen LogP contribution in [0.15, 0.2) is 54.9 Å². The van der Waals surface area contributed by atoms with Crippen molar-refractivity contribution in [3.63, 3.8) is 0 Å². The molecule has 1 saturated heterocycles. The van der Waals surface area contributed by atoms with Crippen LogP contribution in [-0.4, -0.2) is 41.4 Å². The molecule has 0 unspecified atom stereocenters. The van der Waals surface area contributed by atoms with Gasteiger partial charge in [0, 0.05) is 44.0 Å². The van der Waals surface area contributed by atoms with E-state index in [-0.39, 0.29) is 11.9 Å². The first-order valence-electron chi connectivity index (χ1n) is 8.92. The molecule has 1 aromatic carbocycles. The molecule has 0 radical (unpaired) electrons. The molecule has 3 aromatic rings. The number of carbonyl (C=O) groups is 1. The number of amides is 1. The number of pyridine rings is 2. The first-order chi connectivity index (χ1) is 12.6. The number of hydrogen-bond donors (Lipinski definition) is 0. The van der Waals surface area contributed by atoms with Crippen molar-refractivity contribution in [3.8, 4) is 0 Å². The molecule has 5 heteroatoms. The molecule has 26 heavy (non-hydrogen) atoms. The maximum absolute atomic E-state index is 13.2. The van der Waals surface area contributed by atoms with E-state index in [2.05, 4.69) is 16.0 Å². The van der Waals surface area contributed by atoms with Crippen molar-refractivity contribution < 1.29 is 4.79 Å². The average Bonchev–Trinajstić information content (AvgIpc) is 3.17. The zero-order valence-electron chi connectivity index (χ0n) is 15.1. The molecule has 1 aliphatic heterocycles. The molecular weight excluding hydrogens is 324 g/mol. The van der Waals surface area contributed by atoms with Crippen molar-refractivity contribution in [1.29, 1.82) is 0 Å². The number of aromatic nitrogens is 2. The van der Waals surface area contributed by atoms with E-state index < -0.39 is 0 Å². The van der Waals surface area contributed by atoms with E-state index in [1.807, 2.05) is 66.5 Å². The van der Waals surface area contributed by atoms with Crippen LogP contribution in [0, 0.1) is 0 Å². The lowest BCUT2D eigenvalue weighted by Gasteiger charge is -2.26. The Morgan fingerprint density at radius 3 is 2.85 bits per heavy atom. The second-order valence-electron chi connectivity index (χ2n) is 6.91. The third-order valence-electron chi connectivity index (χ3n) is 4.98. The zero-order valence-corrected chi connectivity index (χ0v) is 15.1. The molecule has 0 aliphatic carbocycles. The maximum atomic E-state index is 13.2. The van der Waals surface area contributed by atoms with Crippen LogP contribution >= 0.6 is 0 Å². The minimum absolute atomic E-state index is 0.0847. The van der Waals surface area contributed by atoms with Crippen molar-refractivity contribution in [1.82, 2.24) is 14.9 Å². The lowest BCUT2D eigenvalue weighted by molar-refractivity contribution is 0.0736. The summed E-state index contributed by atoms with van der Waals surface area (Å²) in [5.41, 5.74) is 2.78. The van der Waals surface area contributed by atoms with Gasteiger partial charge in [0.25, 0.3) is 5.91 Å². The SMILES string of the molecule is CN(C)c1cc([C@@H]2CCCN2C(=O)c2ccc3ncccc3c2)ccn1. The summed E-state index contributed by atoms with van der Waals surface area (Å²) >= 11 is 0. The number of carbonyl (C=O) groups excluding carboxylic acids is 1. The van der Waals surface area contributed by atoms with E-state index in [0.29, 0.717) is 0 Å². The first kappa shape index (κ1) is 16.5. The highest BCUT2D eigenvalue weighted by atomic mass is 16.2. The van der Waals surface area contributed by atoms with Gasteiger partial charge in [-0.15, -0.1) is 0 Å². The first-order valence-corrected chi connectivity index (χ1v) is 8.92. The van der Waals surface area contributed by atoms with Crippen LogP contribution in [0.1, 0.15) is 34.8 Å². The average molecular weight is 346 g/mol. The molecule has 1 aliphatic rings. The van der Waals surface area contributed by atoms with Gasteiger partial charge in [-0.1, -0.05) is 6.07 Å². The topological polar surface area (TPSA) is 49.3 Å². The summed E-state index contributed by atoms with van der Waals surface area (Å²) in [7, 11) is 3.96. The number of fused-ring (bicyclic) bond motifs is 1. The van der Waals surface area contributed by atoms with Gasteiger partial charge in [-0.2, -0.15) is 0 Å². The normalized spacial score (nSPS) is 16.8. The molecule has 1 atom stereocenters. The van der Waals surface area contributed by atoms with Crippen molar-refractivity contribution in [2.75, 3.05) is 25.5 Å². The Balaban J connectivity index is 1.65. The van der Waals surface area contributed by atoms with Crippen LogP contribution in [-0.2, 0) is 0 Å². The Morgan fingerprint density at radius 1 is 1.12 bits per heavy atom. The van der Waals surface area contributed by atoms with Gasteiger partial charge in [-0.05, 0) is 54.8 Å². The number of benzene rings is 1. The molecule has 2 aromatic heterocycles. The van der Waals surface area contributed by atoms with Gasteiger partial charge in [0.15, 0.2) is 0 Å². The highest BCUT2D eigenvalue weighted by Crippen LogP contribution is 2.34. The third-order valence-corrected chi connectivity index (χ3v) is 4.98. The zero-order chi connectivity index (χ0) is 18.1. The van der Waals surface area contributed by atoms with Gasteiger partial charge in [-0.25, -0.2) is 4.98 Å². The molecule has 0 N–H and O–H groups in total. The number of rotatable bonds is 3. The standard InChI is InChI=1S/C21H22N4O/c1-24(2)20-14-16(9-11-23-20)19-6-4-12-25(19)21(26)17-7-8-18-15(13-17)5-3-10-22-18/h3,5,7-11,13-14,19H,4,6,12H2,1-2H3/t19-/m0/s1. The molecule has 0 bridgehead atoms. The Kier molecular flexibility index (Phi) is 4.29. The minimum atomic E-state index is 0.0847. The van der Waals surface area contributed by atoms with Gasteiger partial charge < -0.3 is 9.80 Å². The smallest absolute Gasteiger partial charge is 0.254 e. The van der Waals surface area contributed by atoms with Crippen LogP contribution in [0.5, 0.6) is 0 Å². The van der Waals surface area contributed by atoms with Gasteiger partial charge >= 0.3 is 0 Å². The molecule has 4 rings (SSSR count). The molecule has 1 fully saturated rings. The van der Waals surface area contributed by atoms with Crippen molar-refractivity contribution in [3.05, 3.63) is 66.0 Å². The minimum Gasteiger partial charge on any atom is -0.363 e. The molecule has 132 valence electrons. The van der Waals surface area contributed by atoms with Gasteiger partial charge in [0.2, 0.25) is 0 Å².